The van der Waals surface area contributed by atoms with Gasteiger partial charge >= 0.3 is 0 Å². The Kier molecular flexibility index (Phi) is 3.29. The summed E-state index contributed by atoms with van der Waals surface area (Å²) in [7, 11) is -1.90. The Morgan fingerprint density at radius 2 is 1.93 bits per heavy atom. The Bertz CT molecular complexity index is 383. The second kappa shape index (κ2) is 4.14. The van der Waals surface area contributed by atoms with Crippen LogP contribution in [-0.2, 0) is 0 Å². The second-order valence-corrected chi connectivity index (χ2v) is 8.88. The summed E-state index contributed by atoms with van der Waals surface area (Å²) >= 11 is 0. The first-order valence-corrected chi connectivity index (χ1v) is 8.19. The Morgan fingerprint density at radius 1 is 1.33 bits per heavy atom. The molecule has 0 N–H and O–H groups in total. The van der Waals surface area contributed by atoms with Crippen molar-refractivity contribution in [3.05, 3.63) is 29.1 Å². The highest BCUT2D eigenvalue weighted by molar-refractivity contribution is 6.70. The van der Waals surface area contributed by atoms with Gasteiger partial charge in [-0.25, -0.2) is 4.39 Å². The van der Waals surface area contributed by atoms with E-state index in [4.69, 9.17) is 4.43 Å². The van der Waals surface area contributed by atoms with Crippen molar-refractivity contribution in [1.29, 1.82) is 0 Å². The van der Waals surface area contributed by atoms with Gasteiger partial charge in [-0.1, -0.05) is 6.07 Å². The quantitative estimate of drug-likeness (QED) is 0.584. The minimum atomic E-state index is -1.90. The molecule has 0 radical (unpaired) electrons. The summed E-state index contributed by atoms with van der Waals surface area (Å²) in [6.07, 6.45) is 0.623. The Labute approximate surface area is 90.2 Å². The molecule has 0 spiro atoms. The summed E-state index contributed by atoms with van der Waals surface area (Å²) in [4.78, 5) is 10.7. The van der Waals surface area contributed by atoms with Gasteiger partial charge in [0.2, 0.25) is 8.32 Å². The summed E-state index contributed by atoms with van der Waals surface area (Å²) in [5.74, 6) is -0.328. The first kappa shape index (κ1) is 11.9. The number of rotatable bonds is 3. The maximum atomic E-state index is 13.7. The lowest BCUT2D eigenvalue weighted by molar-refractivity contribution is 0.112. The summed E-state index contributed by atoms with van der Waals surface area (Å²) < 4.78 is 19.3. The van der Waals surface area contributed by atoms with E-state index in [1.807, 2.05) is 19.6 Å². The van der Waals surface area contributed by atoms with Crippen LogP contribution < -0.4 is 4.43 Å². The van der Waals surface area contributed by atoms with E-state index in [-0.39, 0.29) is 11.3 Å². The molecule has 2 nitrogen and oxygen atoms in total. The molecular formula is C11H15FO2Si. The second-order valence-electron chi connectivity index (χ2n) is 4.45. The Morgan fingerprint density at radius 3 is 2.40 bits per heavy atom. The highest BCUT2D eigenvalue weighted by atomic mass is 28.4. The van der Waals surface area contributed by atoms with Crippen molar-refractivity contribution in [2.75, 3.05) is 0 Å². The molecule has 82 valence electrons. The molecule has 0 aliphatic heterocycles. The molecule has 4 heteroatoms. The Balaban J connectivity index is 3.24. The van der Waals surface area contributed by atoms with Crippen molar-refractivity contribution in [2.24, 2.45) is 0 Å². The highest BCUT2D eigenvalue weighted by Crippen LogP contribution is 2.26. The van der Waals surface area contributed by atoms with E-state index in [0.717, 1.165) is 0 Å². The van der Waals surface area contributed by atoms with Crippen LogP contribution in [0.1, 0.15) is 15.9 Å². The van der Waals surface area contributed by atoms with Crippen molar-refractivity contribution in [1.82, 2.24) is 0 Å². The van der Waals surface area contributed by atoms with E-state index in [1.54, 1.807) is 19.1 Å². The van der Waals surface area contributed by atoms with Gasteiger partial charge in [0, 0.05) is 0 Å². The molecule has 0 aliphatic carbocycles. The SMILES string of the molecule is Cc1ccc(C=O)c(O[Si](C)(C)C)c1F. The average Bonchev–Trinajstić information content (AvgIpc) is 2.11. The predicted molar refractivity (Wildman–Crippen MR) is 60.5 cm³/mol. The number of carbonyl (C=O) groups is 1. The largest absolute Gasteiger partial charge is 0.542 e. The smallest absolute Gasteiger partial charge is 0.242 e. The molecule has 0 unspecified atom stereocenters. The number of aryl methyl sites for hydroxylation is 1. The standard InChI is InChI=1S/C11H15FO2Si/c1-8-5-6-9(7-13)11(10(8)12)14-15(2,3)4/h5-7H,1-4H3. The van der Waals surface area contributed by atoms with Gasteiger partial charge in [0.1, 0.15) is 0 Å². The zero-order valence-corrected chi connectivity index (χ0v) is 10.4. The molecule has 0 fully saturated rings. The molecular weight excluding hydrogens is 211 g/mol. The van der Waals surface area contributed by atoms with Gasteiger partial charge < -0.3 is 4.43 Å². The molecule has 1 aromatic rings. The molecule has 0 saturated heterocycles. The van der Waals surface area contributed by atoms with E-state index in [1.165, 1.54) is 0 Å². The molecule has 0 amide bonds. The summed E-state index contributed by atoms with van der Waals surface area (Å²) in [6.45, 7) is 7.50. The van der Waals surface area contributed by atoms with E-state index in [9.17, 15) is 9.18 Å². The summed E-state index contributed by atoms with van der Waals surface area (Å²) in [6, 6.07) is 3.16. The van der Waals surface area contributed by atoms with Crippen LogP contribution in [0.15, 0.2) is 12.1 Å². The molecule has 0 aliphatic rings. The molecule has 0 aromatic heterocycles. The predicted octanol–water partition coefficient (Wildman–Crippen LogP) is 3.16. The fraction of sp³-hybridized carbons (Fsp3) is 0.364. The van der Waals surface area contributed by atoms with Gasteiger partial charge in [0.05, 0.1) is 5.56 Å². The van der Waals surface area contributed by atoms with Gasteiger partial charge in [-0.3, -0.25) is 4.79 Å². The lowest BCUT2D eigenvalue weighted by Gasteiger charge is -2.21. The van der Waals surface area contributed by atoms with Gasteiger partial charge in [0.15, 0.2) is 17.9 Å². The third-order valence-electron chi connectivity index (χ3n) is 1.86. The van der Waals surface area contributed by atoms with Crippen LogP contribution >= 0.6 is 0 Å². The van der Waals surface area contributed by atoms with E-state index in [0.29, 0.717) is 11.8 Å². The number of benzene rings is 1. The number of hydrogen-bond acceptors (Lipinski definition) is 2. The minimum absolute atomic E-state index is 0.101. The molecule has 0 bridgehead atoms. The third kappa shape index (κ3) is 2.89. The normalized spacial score (nSPS) is 11.3. The van der Waals surface area contributed by atoms with E-state index < -0.39 is 14.1 Å². The van der Waals surface area contributed by atoms with Crippen LogP contribution in [0.5, 0.6) is 5.75 Å². The topological polar surface area (TPSA) is 26.3 Å². The third-order valence-corrected chi connectivity index (χ3v) is 2.67. The van der Waals surface area contributed by atoms with Crippen molar-refractivity contribution >= 4 is 14.6 Å². The summed E-state index contributed by atoms with van der Waals surface area (Å²) in [5.41, 5.74) is 0.773. The van der Waals surface area contributed by atoms with Crippen LogP contribution in [0.3, 0.4) is 0 Å². The van der Waals surface area contributed by atoms with Crippen LogP contribution in [-0.4, -0.2) is 14.6 Å². The average molecular weight is 226 g/mol. The van der Waals surface area contributed by atoms with Crippen molar-refractivity contribution in [2.45, 2.75) is 26.6 Å². The van der Waals surface area contributed by atoms with Crippen molar-refractivity contribution < 1.29 is 13.6 Å². The van der Waals surface area contributed by atoms with E-state index >= 15 is 0 Å². The van der Waals surface area contributed by atoms with Gasteiger partial charge in [-0.15, -0.1) is 0 Å². The van der Waals surface area contributed by atoms with Crippen molar-refractivity contribution in [3.63, 3.8) is 0 Å². The number of carbonyl (C=O) groups excluding carboxylic acids is 1. The molecule has 1 aromatic carbocycles. The fourth-order valence-electron chi connectivity index (χ4n) is 1.17. The fourth-order valence-corrected chi connectivity index (χ4v) is 1.99. The lowest BCUT2D eigenvalue weighted by atomic mass is 10.1. The molecule has 1 rings (SSSR count). The number of aldehydes is 1. The van der Waals surface area contributed by atoms with E-state index in [2.05, 4.69) is 0 Å². The minimum Gasteiger partial charge on any atom is -0.542 e. The molecule has 0 heterocycles. The maximum Gasteiger partial charge on any atom is 0.242 e. The number of halogens is 1. The van der Waals surface area contributed by atoms with Crippen LogP contribution in [0.2, 0.25) is 19.6 Å². The summed E-state index contributed by atoms with van der Waals surface area (Å²) in [5, 5.41) is 0. The zero-order chi connectivity index (χ0) is 11.6. The van der Waals surface area contributed by atoms with Gasteiger partial charge in [-0.2, -0.15) is 0 Å². The van der Waals surface area contributed by atoms with Crippen LogP contribution in [0.25, 0.3) is 0 Å². The van der Waals surface area contributed by atoms with Gasteiger partial charge in [0.25, 0.3) is 0 Å². The number of hydrogen-bond donors (Lipinski definition) is 0. The molecule has 0 saturated carbocycles. The molecule has 0 atom stereocenters. The first-order valence-electron chi connectivity index (χ1n) is 4.78. The maximum absolute atomic E-state index is 13.7. The lowest BCUT2D eigenvalue weighted by Crippen LogP contribution is -2.30. The highest BCUT2D eigenvalue weighted by Gasteiger charge is 2.21. The Hall–Kier alpha value is -1.16. The monoisotopic (exact) mass is 226 g/mol. The zero-order valence-electron chi connectivity index (χ0n) is 9.43. The van der Waals surface area contributed by atoms with Crippen molar-refractivity contribution in [3.8, 4) is 5.75 Å². The van der Waals surface area contributed by atoms with Crippen LogP contribution in [0, 0.1) is 12.7 Å². The molecule has 15 heavy (non-hydrogen) atoms. The van der Waals surface area contributed by atoms with Crippen LogP contribution in [0.4, 0.5) is 4.39 Å². The first-order chi connectivity index (χ1) is 6.85. The van der Waals surface area contributed by atoms with Gasteiger partial charge in [-0.05, 0) is 38.2 Å².